The molecule has 0 unspecified atom stereocenters. The first-order valence-electron chi connectivity index (χ1n) is 11.3. The van der Waals surface area contributed by atoms with E-state index in [9.17, 15) is 4.79 Å². The molecule has 0 bridgehead atoms. The van der Waals surface area contributed by atoms with Gasteiger partial charge in [0, 0.05) is 19.0 Å². The SMILES string of the molecule is CCc1ccc(CN2CCC3(CC2)C[C@@H]3C(=O)NCCc2ccccc2OC)cc1. The van der Waals surface area contributed by atoms with Crippen molar-refractivity contribution in [3.8, 4) is 5.75 Å². The lowest BCUT2D eigenvalue weighted by Gasteiger charge is -2.32. The van der Waals surface area contributed by atoms with Gasteiger partial charge in [-0.25, -0.2) is 0 Å². The summed E-state index contributed by atoms with van der Waals surface area (Å²) in [4.78, 5) is 15.2. The summed E-state index contributed by atoms with van der Waals surface area (Å²) in [7, 11) is 1.69. The quantitative estimate of drug-likeness (QED) is 0.714. The summed E-state index contributed by atoms with van der Waals surface area (Å²) >= 11 is 0. The Bertz CT molecular complexity index is 854. The van der Waals surface area contributed by atoms with Gasteiger partial charge in [-0.2, -0.15) is 0 Å². The molecule has 2 aromatic carbocycles. The molecule has 1 atom stereocenters. The van der Waals surface area contributed by atoms with Gasteiger partial charge >= 0.3 is 0 Å². The topological polar surface area (TPSA) is 41.6 Å². The van der Waals surface area contributed by atoms with E-state index in [1.54, 1.807) is 7.11 Å². The standard InChI is InChI=1S/C26H34N2O2/c1-3-20-8-10-21(11-9-20)19-28-16-13-26(14-17-28)18-23(26)25(29)27-15-12-22-6-4-5-7-24(22)30-2/h4-11,23H,3,12-19H2,1-2H3,(H,27,29)/t23-/m1/s1. The monoisotopic (exact) mass is 406 g/mol. The number of carbonyl (C=O) groups is 1. The van der Waals surface area contributed by atoms with Gasteiger partial charge in [-0.05, 0) is 73.4 Å². The molecular weight excluding hydrogens is 372 g/mol. The molecule has 1 amide bonds. The fourth-order valence-corrected chi connectivity index (χ4v) is 4.92. The summed E-state index contributed by atoms with van der Waals surface area (Å²) in [6.07, 6.45) is 5.25. The maximum Gasteiger partial charge on any atom is 0.223 e. The number of aryl methyl sites for hydroxylation is 1. The van der Waals surface area contributed by atoms with Crippen LogP contribution in [0, 0.1) is 11.3 Å². The summed E-state index contributed by atoms with van der Waals surface area (Å²) in [5.74, 6) is 1.35. The van der Waals surface area contributed by atoms with Gasteiger partial charge in [-0.15, -0.1) is 0 Å². The van der Waals surface area contributed by atoms with Crippen LogP contribution in [0.1, 0.15) is 42.9 Å². The van der Waals surface area contributed by atoms with E-state index in [4.69, 9.17) is 4.74 Å². The van der Waals surface area contributed by atoms with Crippen LogP contribution in [0.25, 0.3) is 0 Å². The van der Waals surface area contributed by atoms with E-state index in [2.05, 4.69) is 47.5 Å². The van der Waals surface area contributed by atoms with Gasteiger partial charge in [0.25, 0.3) is 0 Å². The van der Waals surface area contributed by atoms with Crippen molar-refractivity contribution in [2.24, 2.45) is 11.3 Å². The molecular formula is C26H34N2O2. The van der Waals surface area contributed by atoms with Crippen molar-refractivity contribution in [1.82, 2.24) is 10.2 Å². The van der Waals surface area contributed by atoms with Crippen molar-refractivity contribution in [3.05, 3.63) is 65.2 Å². The molecule has 4 heteroatoms. The molecule has 4 rings (SSSR count). The zero-order valence-electron chi connectivity index (χ0n) is 18.3. The van der Waals surface area contributed by atoms with Crippen LogP contribution in [0.3, 0.4) is 0 Å². The van der Waals surface area contributed by atoms with E-state index in [0.29, 0.717) is 6.54 Å². The number of piperidine rings is 1. The predicted molar refractivity (Wildman–Crippen MR) is 121 cm³/mol. The molecule has 0 aromatic heterocycles. The zero-order valence-corrected chi connectivity index (χ0v) is 18.3. The van der Waals surface area contributed by atoms with Gasteiger partial charge < -0.3 is 10.1 Å². The number of nitrogens with zero attached hydrogens (tertiary/aromatic N) is 1. The number of para-hydroxylation sites is 1. The average molecular weight is 407 g/mol. The molecule has 30 heavy (non-hydrogen) atoms. The number of hydrogen-bond acceptors (Lipinski definition) is 3. The third-order valence-electron chi connectivity index (χ3n) is 7.08. The Kier molecular flexibility index (Phi) is 6.43. The van der Waals surface area contributed by atoms with Crippen LogP contribution < -0.4 is 10.1 Å². The molecule has 2 fully saturated rings. The Hall–Kier alpha value is -2.33. The van der Waals surface area contributed by atoms with Crippen LogP contribution >= 0.6 is 0 Å². The normalized spacial score (nSPS) is 20.1. The van der Waals surface area contributed by atoms with Crippen LogP contribution in [0.15, 0.2) is 48.5 Å². The summed E-state index contributed by atoms with van der Waals surface area (Å²) in [6.45, 7) is 6.09. The van der Waals surface area contributed by atoms with Crippen LogP contribution in [-0.4, -0.2) is 37.6 Å². The van der Waals surface area contributed by atoms with Crippen molar-refractivity contribution in [3.63, 3.8) is 0 Å². The van der Waals surface area contributed by atoms with Gasteiger partial charge in [0.1, 0.15) is 5.75 Å². The van der Waals surface area contributed by atoms with Crippen molar-refractivity contribution < 1.29 is 9.53 Å². The molecule has 160 valence electrons. The zero-order chi connectivity index (χ0) is 21.0. The molecule has 1 N–H and O–H groups in total. The Morgan fingerprint density at radius 2 is 1.80 bits per heavy atom. The van der Waals surface area contributed by atoms with Crippen molar-refractivity contribution in [1.29, 1.82) is 0 Å². The highest BCUT2D eigenvalue weighted by Gasteiger charge is 2.58. The summed E-state index contributed by atoms with van der Waals surface area (Å²) < 4.78 is 5.40. The van der Waals surface area contributed by atoms with Gasteiger partial charge in [-0.3, -0.25) is 9.69 Å². The number of likely N-dealkylation sites (tertiary alicyclic amines) is 1. The Balaban J connectivity index is 1.21. The molecule has 2 aromatic rings. The maximum absolute atomic E-state index is 12.7. The van der Waals surface area contributed by atoms with Gasteiger partial charge in [-0.1, -0.05) is 49.4 Å². The smallest absolute Gasteiger partial charge is 0.223 e. The van der Waals surface area contributed by atoms with E-state index in [1.807, 2.05) is 18.2 Å². The second kappa shape index (κ2) is 9.22. The first-order chi connectivity index (χ1) is 14.6. The third-order valence-corrected chi connectivity index (χ3v) is 7.08. The maximum atomic E-state index is 12.7. The Morgan fingerprint density at radius 3 is 2.50 bits per heavy atom. The fourth-order valence-electron chi connectivity index (χ4n) is 4.92. The molecule has 1 aliphatic heterocycles. The molecule has 0 radical (unpaired) electrons. The highest BCUT2D eigenvalue weighted by molar-refractivity contribution is 5.82. The second-order valence-electron chi connectivity index (χ2n) is 8.92. The van der Waals surface area contributed by atoms with E-state index < -0.39 is 0 Å². The van der Waals surface area contributed by atoms with Crippen molar-refractivity contribution in [2.75, 3.05) is 26.7 Å². The van der Waals surface area contributed by atoms with Crippen molar-refractivity contribution in [2.45, 2.75) is 45.6 Å². The Labute approximate surface area is 180 Å². The molecule has 1 spiro atoms. The van der Waals surface area contributed by atoms with Gasteiger partial charge in [0.15, 0.2) is 0 Å². The number of nitrogens with one attached hydrogen (secondary N) is 1. The summed E-state index contributed by atoms with van der Waals surface area (Å²) in [5, 5.41) is 3.17. The molecule has 1 heterocycles. The fraction of sp³-hybridized carbons (Fsp3) is 0.500. The molecule has 1 aliphatic carbocycles. The van der Waals surface area contributed by atoms with Crippen LogP contribution in [0.4, 0.5) is 0 Å². The number of rotatable bonds is 8. The summed E-state index contributed by atoms with van der Waals surface area (Å²) in [6, 6.07) is 17.0. The van der Waals surface area contributed by atoms with Gasteiger partial charge in [0.05, 0.1) is 7.11 Å². The van der Waals surface area contributed by atoms with Gasteiger partial charge in [0.2, 0.25) is 5.91 Å². The van der Waals surface area contributed by atoms with E-state index in [0.717, 1.165) is 63.1 Å². The highest BCUT2D eigenvalue weighted by Crippen LogP contribution is 2.59. The second-order valence-corrected chi connectivity index (χ2v) is 8.92. The van der Waals surface area contributed by atoms with E-state index in [-0.39, 0.29) is 17.2 Å². The minimum atomic E-state index is 0.209. The number of benzene rings is 2. The largest absolute Gasteiger partial charge is 0.496 e. The number of methoxy groups -OCH3 is 1. The van der Waals surface area contributed by atoms with Crippen LogP contribution in [-0.2, 0) is 24.2 Å². The lowest BCUT2D eigenvalue weighted by molar-refractivity contribution is -0.123. The number of carbonyl (C=O) groups excluding carboxylic acids is 1. The first-order valence-corrected chi connectivity index (χ1v) is 11.3. The first kappa shape index (κ1) is 20.9. The molecule has 1 saturated carbocycles. The van der Waals surface area contributed by atoms with Crippen LogP contribution in [0.5, 0.6) is 5.75 Å². The minimum absolute atomic E-state index is 0.209. The number of hydrogen-bond donors (Lipinski definition) is 1. The number of ether oxygens (including phenoxy) is 1. The molecule has 2 aliphatic rings. The Morgan fingerprint density at radius 1 is 1.10 bits per heavy atom. The lowest BCUT2D eigenvalue weighted by Crippen LogP contribution is -2.37. The predicted octanol–water partition coefficient (Wildman–Crippen LogP) is 4.22. The average Bonchev–Trinajstić information content (AvgIpc) is 3.50. The third kappa shape index (κ3) is 4.70. The van der Waals surface area contributed by atoms with Crippen LogP contribution in [0.2, 0.25) is 0 Å². The van der Waals surface area contributed by atoms with Crippen molar-refractivity contribution >= 4 is 5.91 Å². The van der Waals surface area contributed by atoms with E-state index >= 15 is 0 Å². The summed E-state index contributed by atoms with van der Waals surface area (Å²) in [5.41, 5.74) is 4.20. The van der Waals surface area contributed by atoms with E-state index in [1.165, 1.54) is 11.1 Å². The lowest BCUT2D eigenvalue weighted by atomic mass is 9.90. The molecule has 4 nitrogen and oxygen atoms in total. The number of amides is 1. The minimum Gasteiger partial charge on any atom is -0.496 e. The highest BCUT2D eigenvalue weighted by atomic mass is 16.5. The molecule has 1 saturated heterocycles.